The van der Waals surface area contributed by atoms with E-state index in [0.29, 0.717) is 28.1 Å². The van der Waals surface area contributed by atoms with Crippen molar-refractivity contribution in [2.24, 2.45) is 0 Å². The molecule has 0 radical (unpaired) electrons. The second-order valence-corrected chi connectivity index (χ2v) is 16.5. The summed E-state index contributed by atoms with van der Waals surface area (Å²) in [5.74, 6) is 0.195. The average Bonchev–Trinajstić information content (AvgIpc) is 3.81. The van der Waals surface area contributed by atoms with Crippen molar-refractivity contribution in [2.75, 3.05) is 4.90 Å². The Morgan fingerprint density at radius 2 is 1.04 bits per heavy atom. The number of ketones is 2. The zero-order chi connectivity index (χ0) is 38.2. The molecule has 6 aromatic carbocycles. The number of hydrogen-bond donors (Lipinski definition) is 0. The molecule has 0 N–H and O–H groups in total. The maximum Gasteiger partial charge on any atom is 0.197 e. The normalized spacial score (nSPS) is 13.3. The Kier molecular flexibility index (Phi) is 7.84. The van der Waals surface area contributed by atoms with E-state index >= 15 is 0 Å². The first-order valence-corrected chi connectivity index (χ1v) is 18.7. The van der Waals surface area contributed by atoms with E-state index < -0.39 is 0 Å². The number of rotatable bonds is 5. The third kappa shape index (κ3) is 5.88. The maximum absolute atomic E-state index is 13.2. The highest BCUT2D eigenvalue weighted by atomic mass is 16.4. The largest absolute Gasteiger partial charge is 0.452 e. The molecule has 2 heterocycles. The fourth-order valence-electron chi connectivity index (χ4n) is 7.70. The molecular formula is C50H41NO4. The number of furan rings is 2. The van der Waals surface area contributed by atoms with Crippen molar-refractivity contribution in [1.82, 2.24) is 0 Å². The smallest absolute Gasteiger partial charge is 0.197 e. The van der Waals surface area contributed by atoms with Crippen LogP contribution in [-0.4, -0.2) is 11.6 Å². The van der Waals surface area contributed by atoms with Crippen LogP contribution in [0.1, 0.15) is 78.9 Å². The average molecular weight is 720 g/mol. The highest BCUT2D eigenvalue weighted by Crippen LogP contribution is 2.43. The number of carbonyl (C=O) groups excluding carboxylic acids is 2. The number of carbonyl (C=O) groups is 2. The van der Waals surface area contributed by atoms with Crippen LogP contribution >= 0.6 is 0 Å². The molecule has 0 bridgehead atoms. The molecule has 5 heteroatoms. The Labute approximate surface area is 320 Å². The molecule has 2 aromatic heterocycles. The van der Waals surface area contributed by atoms with Gasteiger partial charge in [0.15, 0.2) is 22.7 Å². The summed E-state index contributed by atoms with van der Waals surface area (Å²) in [5.41, 5.74) is 10.6. The van der Waals surface area contributed by atoms with Gasteiger partial charge in [-0.25, -0.2) is 0 Å². The van der Waals surface area contributed by atoms with Gasteiger partial charge in [0.25, 0.3) is 0 Å². The van der Waals surface area contributed by atoms with Crippen LogP contribution in [0.2, 0.25) is 0 Å². The van der Waals surface area contributed by atoms with E-state index in [1.807, 2.05) is 42.5 Å². The quantitative estimate of drug-likeness (QED) is 0.131. The van der Waals surface area contributed by atoms with E-state index in [-0.39, 0.29) is 28.0 Å². The molecule has 0 fully saturated rings. The molecule has 0 unspecified atom stereocenters. The zero-order valence-electron chi connectivity index (χ0n) is 31.9. The maximum atomic E-state index is 13.2. The number of benzene rings is 6. The molecule has 0 aliphatic heterocycles. The Bertz CT molecular complexity index is 2760. The Morgan fingerprint density at radius 1 is 0.491 bits per heavy atom. The number of hydrogen-bond acceptors (Lipinski definition) is 5. The summed E-state index contributed by atoms with van der Waals surface area (Å²) in [5, 5.41) is 2.75. The minimum Gasteiger partial charge on any atom is -0.452 e. The molecular weight excluding hydrogens is 679 g/mol. The van der Waals surface area contributed by atoms with Crippen LogP contribution in [0.3, 0.4) is 0 Å². The van der Waals surface area contributed by atoms with Crippen LogP contribution in [-0.2, 0) is 10.8 Å². The van der Waals surface area contributed by atoms with Crippen molar-refractivity contribution < 1.29 is 18.4 Å². The predicted molar refractivity (Wildman–Crippen MR) is 224 cm³/mol. The van der Waals surface area contributed by atoms with Gasteiger partial charge in [-0.15, -0.1) is 0 Å². The van der Waals surface area contributed by atoms with Crippen LogP contribution in [0, 0.1) is 0 Å². The molecule has 5 nitrogen and oxygen atoms in total. The van der Waals surface area contributed by atoms with Crippen molar-refractivity contribution in [3.8, 4) is 11.3 Å². The molecule has 0 atom stereocenters. The first-order chi connectivity index (χ1) is 26.3. The molecule has 1 aliphatic carbocycles. The molecule has 8 aromatic rings. The van der Waals surface area contributed by atoms with Gasteiger partial charge in [-0.3, -0.25) is 9.59 Å². The Balaban J connectivity index is 1.09. The minimum atomic E-state index is -0.241. The minimum absolute atomic E-state index is 0.0488. The van der Waals surface area contributed by atoms with Gasteiger partial charge < -0.3 is 13.7 Å². The fraction of sp³-hybridized carbons (Fsp3) is 0.160. The summed E-state index contributed by atoms with van der Waals surface area (Å²) < 4.78 is 13.1. The first-order valence-electron chi connectivity index (χ1n) is 18.7. The van der Waals surface area contributed by atoms with Gasteiger partial charge in [0.05, 0.1) is 11.0 Å². The van der Waals surface area contributed by atoms with E-state index in [4.69, 9.17) is 8.83 Å². The molecule has 0 saturated heterocycles. The van der Waals surface area contributed by atoms with Crippen LogP contribution in [0.4, 0.5) is 17.1 Å². The van der Waals surface area contributed by atoms with Gasteiger partial charge >= 0.3 is 0 Å². The third-order valence-corrected chi connectivity index (χ3v) is 10.8. The molecule has 1 aliphatic rings. The molecule has 55 heavy (non-hydrogen) atoms. The predicted octanol–water partition coefficient (Wildman–Crippen LogP) is 13.5. The van der Waals surface area contributed by atoms with Gasteiger partial charge in [-0.1, -0.05) is 120 Å². The second-order valence-electron chi connectivity index (χ2n) is 16.5. The van der Waals surface area contributed by atoms with E-state index in [9.17, 15) is 9.59 Å². The van der Waals surface area contributed by atoms with Crippen LogP contribution in [0.25, 0.3) is 50.3 Å². The van der Waals surface area contributed by atoms with Gasteiger partial charge in [0.2, 0.25) is 0 Å². The molecule has 0 spiro atoms. The monoisotopic (exact) mass is 719 g/mol. The Hall–Kier alpha value is -6.46. The van der Waals surface area contributed by atoms with Crippen molar-refractivity contribution in [3.63, 3.8) is 0 Å². The van der Waals surface area contributed by atoms with Crippen molar-refractivity contribution in [2.45, 2.75) is 52.4 Å². The lowest BCUT2D eigenvalue weighted by atomic mass is 9.86. The lowest BCUT2D eigenvalue weighted by molar-refractivity contribution is 0.0990. The van der Waals surface area contributed by atoms with Crippen LogP contribution in [0.15, 0.2) is 148 Å². The van der Waals surface area contributed by atoms with Crippen molar-refractivity contribution in [3.05, 3.63) is 167 Å². The number of anilines is 3. The number of allylic oxidation sites excluding steroid dienone is 1. The first kappa shape index (κ1) is 34.3. The highest BCUT2D eigenvalue weighted by molar-refractivity contribution is 6.41. The van der Waals surface area contributed by atoms with Gasteiger partial charge in [-0.2, -0.15) is 0 Å². The van der Waals surface area contributed by atoms with E-state index in [0.717, 1.165) is 49.9 Å². The molecule has 0 amide bonds. The number of fused-ring (bicyclic) bond motifs is 5. The summed E-state index contributed by atoms with van der Waals surface area (Å²) in [6, 6.07) is 44.7. The number of Topliss-reactive ketones (excluding diaryl/α,β-unsaturated/α-hetero) is 2. The van der Waals surface area contributed by atoms with Crippen molar-refractivity contribution in [1.29, 1.82) is 0 Å². The van der Waals surface area contributed by atoms with Gasteiger partial charge in [-0.05, 0) is 86.8 Å². The van der Waals surface area contributed by atoms with E-state index in [1.165, 1.54) is 11.1 Å². The summed E-state index contributed by atoms with van der Waals surface area (Å²) in [6.45, 7) is 13.4. The standard InChI is InChI=1S/C50H41NO4/c1-49(2,3)31-16-20-33(21-17-31)51(34-22-18-32(19-23-34)50(4,5)6)35-24-26-41-43(28-35)54-45-29-44(55-48(41)45)38-25-15-30(36-11-7-8-12-37(36)38)27-42-46(52)39-13-9-10-14-40(39)47(42)53/h7-29H,1-6H3. The lowest BCUT2D eigenvalue weighted by Gasteiger charge is -2.28. The summed E-state index contributed by atoms with van der Waals surface area (Å²) in [4.78, 5) is 28.6. The Morgan fingerprint density at radius 3 is 1.62 bits per heavy atom. The SMILES string of the molecule is CC(C)(C)c1ccc(N(c2ccc(C(C)(C)C)cc2)c2ccc3c(c2)oc2cc(-c4ccc(C=C5C(=O)c6ccccc6C5=O)c5ccccc45)oc23)cc1. The highest BCUT2D eigenvalue weighted by Gasteiger charge is 2.32. The van der Waals surface area contributed by atoms with Crippen LogP contribution in [0.5, 0.6) is 0 Å². The second kappa shape index (κ2) is 12.6. The van der Waals surface area contributed by atoms with E-state index in [1.54, 1.807) is 30.3 Å². The number of nitrogens with zero attached hydrogens (tertiary/aromatic N) is 1. The van der Waals surface area contributed by atoms with Gasteiger partial charge in [0.1, 0.15) is 11.3 Å². The van der Waals surface area contributed by atoms with E-state index in [2.05, 4.69) is 113 Å². The fourth-order valence-corrected chi connectivity index (χ4v) is 7.70. The molecule has 270 valence electrons. The molecule has 0 saturated carbocycles. The lowest BCUT2D eigenvalue weighted by Crippen LogP contribution is -2.14. The van der Waals surface area contributed by atoms with Crippen LogP contribution < -0.4 is 4.90 Å². The summed E-state index contributed by atoms with van der Waals surface area (Å²) in [6.07, 6.45) is 1.72. The topological polar surface area (TPSA) is 63.7 Å². The summed E-state index contributed by atoms with van der Waals surface area (Å²) >= 11 is 0. The summed E-state index contributed by atoms with van der Waals surface area (Å²) in [7, 11) is 0. The molecule has 9 rings (SSSR count). The van der Waals surface area contributed by atoms with Gasteiger partial charge in [0, 0.05) is 45.9 Å². The third-order valence-electron chi connectivity index (χ3n) is 10.8. The van der Waals surface area contributed by atoms with Crippen molar-refractivity contribution >= 4 is 67.6 Å². The zero-order valence-corrected chi connectivity index (χ0v) is 31.9.